The molecule has 0 amide bonds. The van der Waals surface area contributed by atoms with Gasteiger partial charge in [-0.1, -0.05) is 17.7 Å². The van der Waals surface area contributed by atoms with E-state index in [4.69, 9.17) is 26.8 Å². The molecule has 5 heteroatoms. The minimum atomic E-state index is -0.115. The average molecular weight is 305 g/mol. The molecule has 2 N–H and O–H groups in total. The number of hydrogen-bond acceptors (Lipinski definition) is 4. The minimum absolute atomic E-state index is 0.00322. The summed E-state index contributed by atoms with van der Waals surface area (Å²) < 4.78 is 11.3. The van der Waals surface area contributed by atoms with Crippen LogP contribution in [-0.4, -0.2) is 12.1 Å². The standard InChI is InChI=1S/C16H17ClN2O2/c1-20-15-9-6-12-13(18)7-8-14(16(12)19-15)21-11-4-2-10(17)3-5-11/h2-6,9,13-14H,7-8,18H2,1H3. The lowest BCUT2D eigenvalue weighted by atomic mass is 9.90. The van der Waals surface area contributed by atoms with E-state index in [0.717, 1.165) is 29.8 Å². The zero-order valence-electron chi connectivity index (χ0n) is 11.8. The fraction of sp³-hybridized carbons (Fsp3) is 0.312. The molecule has 0 aliphatic heterocycles. The molecule has 0 saturated carbocycles. The van der Waals surface area contributed by atoms with Crippen LogP contribution in [0.3, 0.4) is 0 Å². The van der Waals surface area contributed by atoms with Crippen LogP contribution in [-0.2, 0) is 0 Å². The lowest BCUT2D eigenvalue weighted by Crippen LogP contribution is -2.24. The van der Waals surface area contributed by atoms with Crippen molar-refractivity contribution in [1.29, 1.82) is 0 Å². The smallest absolute Gasteiger partial charge is 0.213 e. The zero-order chi connectivity index (χ0) is 14.8. The molecule has 0 fully saturated rings. The molecule has 1 aliphatic carbocycles. The predicted molar refractivity (Wildman–Crippen MR) is 81.8 cm³/mol. The van der Waals surface area contributed by atoms with Crippen molar-refractivity contribution in [1.82, 2.24) is 4.98 Å². The van der Waals surface area contributed by atoms with Crippen LogP contribution < -0.4 is 15.2 Å². The van der Waals surface area contributed by atoms with Crippen LogP contribution in [0.5, 0.6) is 11.6 Å². The van der Waals surface area contributed by atoms with Crippen molar-refractivity contribution >= 4 is 11.6 Å². The van der Waals surface area contributed by atoms with E-state index >= 15 is 0 Å². The first-order valence-electron chi connectivity index (χ1n) is 6.90. The molecule has 21 heavy (non-hydrogen) atoms. The van der Waals surface area contributed by atoms with Gasteiger partial charge in [0.05, 0.1) is 12.8 Å². The summed E-state index contributed by atoms with van der Waals surface area (Å²) >= 11 is 5.89. The highest BCUT2D eigenvalue weighted by Crippen LogP contribution is 2.37. The van der Waals surface area contributed by atoms with Gasteiger partial charge in [-0.25, -0.2) is 4.98 Å². The van der Waals surface area contributed by atoms with E-state index in [0.29, 0.717) is 10.9 Å². The number of ether oxygens (including phenoxy) is 2. The summed E-state index contributed by atoms with van der Waals surface area (Å²) in [6, 6.07) is 11.2. The lowest BCUT2D eigenvalue weighted by Gasteiger charge is -2.29. The van der Waals surface area contributed by atoms with E-state index in [1.165, 1.54) is 0 Å². The number of hydrogen-bond donors (Lipinski definition) is 1. The Balaban J connectivity index is 1.90. The van der Waals surface area contributed by atoms with Crippen LogP contribution in [0.15, 0.2) is 36.4 Å². The summed E-state index contributed by atoms with van der Waals surface area (Å²) in [6.45, 7) is 0. The van der Waals surface area contributed by atoms with Gasteiger partial charge in [-0.15, -0.1) is 0 Å². The highest BCUT2D eigenvalue weighted by molar-refractivity contribution is 6.30. The molecule has 0 bridgehead atoms. The molecule has 1 aromatic carbocycles. The number of rotatable bonds is 3. The van der Waals surface area contributed by atoms with Crippen LogP contribution in [0.1, 0.15) is 36.2 Å². The molecule has 0 spiro atoms. The highest BCUT2D eigenvalue weighted by atomic mass is 35.5. The maximum absolute atomic E-state index is 6.16. The second-order valence-corrected chi connectivity index (χ2v) is 5.51. The Morgan fingerprint density at radius 2 is 1.90 bits per heavy atom. The van der Waals surface area contributed by atoms with Crippen LogP contribution in [0.4, 0.5) is 0 Å². The second kappa shape index (κ2) is 5.92. The van der Waals surface area contributed by atoms with E-state index in [1.54, 1.807) is 7.11 Å². The summed E-state index contributed by atoms with van der Waals surface area (Å²) in [4.78, 5) is 4.52. The Bertz CT molecular complexity index is 631. The predicted octanol–water partition coefficient (Wildman–Crippen LogP) is 3.66. The largest absolute Gasteiger partial charge is 0.484 e. The fourth-order valence-corrected chi connectivity index (χ4v) is 2.69. The summed E-state index contributed by atoms with van der Waals surface area (Å²) in [5.41, 5.74) is 8.05. The molecule has 2 atom stereocenters. The van der Waals surface area contributed by atoms with E-state index in [1.807, 2.05) is 36.4 Å². The molecule has 1 aliphatic rings. The minimum Gasteiger partial charge on any atom is -0.484 e. The van der Waals surface area contributed by atoms with E-state index in [2.05, 4.69) is 4.98 Å². The first-order valence-corrected chi connectivity index (χ1v) is 7.28. The number of halogens is 1. The van der Waals surface area contributed by atoms with Crippen molar-refractivity contribution in [2.45, 2.75) is 25.0 Å². The Morgan fingerprint density at radius 3 is 2.62 bits per heavy atom. The molecule has 2 aromatic rings. The van der Waals surface area contributed by atoms with Gasteiger partial charge in [0.1, 0.15) is 11.9 Å². The topological polar surface area (TPSA) is 57.4 Å². The van der Waals surface area contributed by atoms with E-state index < -0.39 is 0 Å². The molecule has 0 radical (unpaired) electrons. The van der Waals surface area contributed by atoms with Gasteiger partial charge in [-0.3, -0.25) is 0 Å². The molecule has 3 rings (SSSR count). The molecule has 1 heterocycles. The summed E-state index contributed by atoms with van der Waals surface area (Å²) in [5, 5.41) is 0.688. The Hall–Kier alpha value is -1.78. The van der Waals surface area contributed by atoms with Crippen molar-refractivity contribution in [3.8, 4) is 11.6 Å². The normalized spacial score (nSPS) is 20.7. The van der Waals surface area contributed by atoms with Gasteiger partial charge in [-0.05, 0) is 42.7 Å². The number of nitrogens with two attached hydrogens (primary N) is 1. The van der Waals surface area contributed by atoms with Crippen LogP contribution in [0.2, 0.25) is 5.02 Å². The number of methoxy groups -OCH3 is 1. The lowest BCUT2D eigenvalue weighted by molar-refractivity contribution is 0.170. The van der Waals surface area contributed by atoms with E-state index in [-0.39, 0.29) is 12.1 Å². The maximum atomic E-state index is 6.16. The number of pyridine rings is 1. The van der Waals surface area contributed by atoms with Gasteiger partial charge < -0.3 is 15.2 Å². The first kappa shape index (κ1) is 14.2. The van der Waals surface area contributed by atoms with Gasteiger partial charge >= 0.3 is 0 Å². The Labute approximate surface area is 128 Å². The third-order valence-corrected chi connectivity index (χ3v) is 3.93. The summed E-state index contributed by atoms with van der Waals surface area (Å²) in [6.07, 6.45) is 1.59. The molecule has 110 valence electrons. The SMILES string of the molecule is COc1ccc2c(n1)C(Oc1ccc(Cl)cc1)CCC2N. The molecule has 1 aromatic heterocycles. The van der Waals surface area contributed by atoms with Crippen LogP contribution >= 0.6 is 11.6 Å². The molecule has 0 saturated heterocycles. The zero-order valence-corrected chi connectivity index (χ0v) is 12.5. The van der Waals surface area contributed by atoms with Gasteiger partial charge in [0.25, 0.3) is 0 Å². The van der Waals surface area contributed by atoms with Crippen molar-refractivity contribution in [3.63, 3.8) is 0 Å². The Kier molecular flexibility index (Phi) is 3.99. The van der Waals surface area contributed by atoms with Crippen LogP contribution in [0.25, 0.3) is 0 Å². The molecule has 2 unspecified atom stereocenters. The number of aromatic nitrogens is 1. The Morgan fingerprint density at radius 1 is 1.14 bits per heavy atom. The highest BCUT2D eigenvalue weighted by Gasteiger charge is 2.28. The van der Waals surface area contributed by atoms with Gasteiger partial charge in [-0.2, -0.15) is 0 Å². The van der Waals surface area contributed by atoms with Crippen LogP contribution in [0, 0.1) is 0 Å². The number of benzene rings is 1. The number of fused-ring (bicyclic) bond motifs is 1. The molecular weight excluding hydrogens is 288 g/mol. The third kappa shape index (κ3) is 2.96. The quantitative estimate of drug-likeness (QED) is 0.940. The second-order valence-electron chi connectivity index (χ2n) is 5.07. The van der Waals surface area contributed by atoms with Gasteiger partial charge in [0.2, 0.25) is 5.88 Å². The summed E-state index contributed by atoms with van der Waals surface area (Å²) in [5.74, 6) is 1.35. The van der Waals surface area contributed by atoms with E-state index in [9.17, 15) is 0 Å². The van der Waals surface area contributed by atoms with Crippen molar-refractivity contribution in [3.05, 3.63) is 52.7 Å². The molecular formula is C16H17ClN2O2. The fourth-order valence-electron chi connectivity index (χ4n) is 2.57. The van der Waals surface area contributed by atoms with Crippen molar-refractivity contribution < 1.29 is 9.47 Å². The molecule has 4 nitrogen and oxygen atoms in total. The van der Waals surface area contributed by atoms with Crippen molar-refractivity contribution in [2.24, 2.45) is 5.73 Å². The van der Waals surface area contributed by atoms with Gasteiger partial charge in [0, 0.05) is 17.1 Å². The monoisotopic (exact) mass is 304 g/mol. The van der Waals surface area contributed by atoms with Crippen molar-refractivity contribution in [2.75, 3.05) is 7.11 Å². The third-order valence-electron chi connectivity index (χ3n) is 3.68. The summed E-state index contributed by atoms with van der Waals surface area (Å²) in [7, 11) is 1.60. The maximum Gasteiger partial charge on any atom is 0.213 e. The number of nitrogens with zero attached hydrogens (tertiary/aromatic N) is 1. The average Bonchev–Trinajstić information content (AvgIpc) is 2.52. The van der Waals surface area contributed by atoms with Gasteiger partial charge in [0.15, 0.2) is 0 Å². The first-order chi connectivity index (χ1) is 10.2.